The van der Waals surface area contributed by atoms with E-state index in [9.17, 15) is 4.79 Å². The van der Waals surface area contributed by atoms with Crippen LogP contribution in [0.25, 0.3) is 0 Å². The highest BCUT2D eigenvalue weighted by atomic mass is 32.2. The van der Waals surface area contributed by atoms with E-state index in [0.29, 0.717) is 12.2 Å². The van der Waals surface area contributed by atoms with Gasteiger partial charge in [-0.25, -0.2) is 4.98 Å². The van der Waals surface area contributed by atoms with E-state index in [1.54, 1.807) is 23.1 Å². The van der Waals surface area contributed by atoms with E-state index in [-0.39, 0.29) is 5.91 Å². The van der Waals surface area contributed by atoms with Gasteiger partial charge in [-0.2, -0.15) is 5.10 Å². The molecule has 0 spiro atoms. The Kier molecular flexibility index (Phi) is 4.80. The molecule has 8 heteroatoms. The van der Waals surface area contributed by atoms with E-state index in [0.717, 1.165) is 50.4 Å². The second-order valence-electron chi connectivity index (χ2n) is 6.24. The number of thiazole rings is 1. The molecule has 3 N–H and O–H groups in total. The zero-order chi connectivity index (χ0) is 18.1. The molecule has 0 saturated heterocycles. The number of anilines is 1. The molecule has 0 unspecified atom stereocenters. The minimum absolute atomic E-state index is 0.176. The number of rotatable bonds is 4. The second kappa shape index (κ2) is 7.22. The van der Waals surface area contributed by atoms with Crippen molar-refractivity contribution in [2.24, 2.45) is 0 Å². The molecule has 26 heavy (non-hydrogen) atoms. The maximum absolute atomic E-state index is 12.6. The number of hydrogen-bond donors (Lipinski definition) is 3. The molecule has 3 heterocycles. The van der Waals surface area contributed by atoms with Crippen molar-refractivity contribution in [1.82, 2.24) is 20.5 Å². The fraction of sp³-hybridized carbons (Fsp3) is 0.278. The van der Waals surface area contributed by atoms with Crippen LogP contribution in [0.3, 0.4) is 0 Å². The van der Waals surface area contributed by atoms with Crippen LogP contribution >= 0.6 is 23.1 Å². The van der Waals surface area contributed by atoms with Crippen LogP contribution in [-0.2, 0) is 13.0 Å². The van der Waals surface area contributed by atoms with Crippen molar-refractivity contribution < 1.29 is 4.79 Å². The summed E-state index contributed by atoms with van der Waals surface area (Å²) in [6.07, 6.45) is 0.872. The first-order chi connectivity index (χ1) is 12.6. The third-order valence-electron chi connectivity index (χ3n) is 4.27. The maximum Gasteiger partial charge on any atom is 0.276 e. The van der Waals surface area contributed by atoms with E-state index < -0.39 is 0 Å². The highest BCUT2D eigenvalue weighted by Crippen LogP contribution is 2.32. The van der Waals surface area contributed by atoms with Crippen molar-refractivity contribution in [1.29, 1.82) is 0 Å². The highest BCUT2D eigenvalue weighted by molar-refractivity contribution is 8.01. The van der Waals surface area contributed by atoms with Gasteiger partial charge in [0.15, 0.2) is 10.0 Å². The number of amides is 1. The number of carbonyl (C=O) groups excluding carboxylic acids is 1. The number of aryl methyl sites for hydroxylation is 2. The van der Waals surface area contributed by atoms with Crippen molar-refractivity contribution >= 4 is 34.7 Å². The van der Waals surface area contributed by atoms with Crippen LogP contribution in [0.1, 0.15) is 33.0 Å². The summed E-state index contributed by atoms with van der Waals surface area (Å²) in [6, 6.07) is 6.01. The lowest BCUT2D eigenvalue weighted by atomic mass is 10.1. The fourth-order valence-corrected chi connectivity index (χ4v) is 4.82. The molecule has 4 rings (SSSR count). The third-order valence-corrected chi connectivity index (χ3v) is 6.32. The van der Waals surface area contributed by atoms with E-state index in [1.807, 2.05) is 31.4 Å². The van der Waals surface area contributed by atoms with Crippen LogP contribution in [-0.4, -0.2) is 27.6 Å². The van der Waals surface area contributed by atoms with Crippen molar-refractivity contribution in [3.8, 4) is 0 Å². The summed E-state index contributed by atoms with van der Waals surface area (Å²) < 4.78 is 1.02. The largest absolute Gasteiger partial charge is 0.320 e. The molecule has 2 aromatic heterocycles. The predicted molar refractivity (Wildman–Crippen MR) is 104 cm³/mol. The monoisotopic (exact) mass is 385 g/mol. The van der Waals surface area contributed by atoms with Crippen molar-refractivity contribution in [3.63, 3.8) is 0 Å². The molecular formula is C18H19N5OS2. The predicted octanol–water partition coefficient (Wildman–Crippen LogP) is 3.53. The first kappa shape index (κ1) is 17.3. The van der Waals surface area contributed by atoms with Crippen LogP contribution < -0.4 is 10.6 Å². The zero-order valence-electron chi connectivity index (χ0n) is 14.5. The smallest absolute Gasteiger partial charge is 0.276 e. The van der Waals surface area contributed by atoms with Gasteiger partial charge in [-0.1, -0.05) is 11.8 Å². The normalized spacial score (nSPS) is 13.5. The van der Waals surface area contributed by atoms with Gasteiger partial charge in [-0.05, 0) is 37.6 Å². The summed E-state index contributed by atoms with van der Waals surface area (Å²) in [5.74, 6) is -0.176. The topological polar surface area (TPSA) is 82.7 Å². The molecule has 134 valence electrons. The molecule has 0 bridgehead atoms. The molecule has 0 aliphatic carbocycles. The van der Waals surface area contributed by atoms with Gasteiger partial charge in [0.2, 0.25) is 0 Å². The lowest BCUT2D eigenvalue weighted by Crippen LogP contribution is -2.25. The number of aromatic nitrogens is 3. The van der Waals surface area contributed by atoms with Crippen LogP contribution in [0, 0.1) is 13.8 Å². The molecule has 0 fully saturated rings. The summed E-state index contributed by atoms with van der Waals surface area (Å²) in [4.78, 5) is 18.2. The molecule has 0 radical (unpaired) electrons. The average molecular weight is 386 g/mol. The van der Waals surface area contributed by atoms with Crippen LogP contribution in [0.15, 0.2) is 32.8 Å². The van der Waals surface area contributed by atoms with Gasteiger partial charge in [0.1, 0.15) is 0 Å². The van der Waals surface area contributed by atoms with Gasteiger partial charge in [-0.15, -0.1) is 11.3 Å². The molecule has 1 amide bonds. The Balaban J connectivity index is 1.49. The van der Waals surface area contributed by atoms with E-state index in [1.165, 1.54) is 0 Å². The van der Waals surface area contributed by atoms with E-state index >= 15 is 0 Å². The Bertz CT molecular complexity index is 962. The first-order valence-electron chi connectivity index (χ1n) is 8.39. The summed E-state index contributed by atoms with van der Waals surface area (Å²) in [5, 5.41) is 15.5. The molecule has 1 aromatic carbocycles. The summed E-state index contributed by atoms with van der Waals surface area (Å²) in [7, 11) is 0. The van der Waals surface area contributed by atoms with Crippen molar-refractivity contribution in [3.05, 3.63) is 51.8 Å². The van der Waals surface area contributed by atoms with Crippen LogP contribution in [0.2, 0.25) is 0 Å². The molecule has 1 aliphatic rings. The number of aromatic amines is 1. The molecular weight excluding hydrogens is 366 g/mol. The lowest BCUT2D eigenvalue weighted by Gasteiger charge is -2.13. The van der Waals surface area contributed by atoms with E-state index in [4.69, 9.17) is 0 Å². The molecule has 1 aliphatic heterocycles. The minimum Gasteiger partial charge on any atom is -0.320 e. The quantitative estimate of drug-likeness (QED) is 0.640. The van der Waals surface area contributed by atoms with Crippen LogP contribution in [0.4, 0.5) is 5.69 Å². The number of benzene rings is 1. The molecule has 6 nitrogen and oxygen atoms in total. The van der Waals surface area contributed by atoms with Crippen LogP contribution in [0.5, 0.6) is 0 Å². The van der Waals surface area contributed by atoms with Gasteiger partial charge >= 0.3 is 0 Å². The maximum atomic E-state index is 12.6. The van der Waals surface area contributed by atoms with Gasteiger partial charge in [-0.3, -0.25) is 9.89 Å². The van der Waals surface area contributed by atoms with Gasteiger partial charge < -0.3 is 10.6 Å². The van der Waals surface area contributed by atoms with Gasteiger partial charge in [0.05, 0.1) is 0 Å². The van der Waals surface area contributed by atoms with Gasteiger partial charge in [0.25, 0.3) is 5.91 Å². The first-order valence-corrected chi connectivity index (χ1v) is 10.1. The number of fused-ring (bicyclic) bond motifs is 1. The Hall–Kier alpha value is -2.16. The molecule has 0 atom stereocenters. The Morgan fingerprint density at radius 3 is 3.00 bits per heavy atom. The standard InChI is InChI=1S/C18H19N5OS2/c1-10-7-12(26-18-20-11(2)9-25-18)3-4-14(10)21-17(24)16-13-8-19-6-5-15(13)22-23-16/h3-4,7,9,19H,5-6,8H2,1-2H3,(H,21,24)(H,22,23). The highest BCUT2D eigenvalue weighted by Gasteiger charge is 2.22. The van der Waals surface area contributed by atoms with Crippen molar-refractivity contribution in [2.45, 2.75) is 36.0 Å². The average Bonchev–Trinajstić information content (AvgIpc) is 3.23. The van der Waals surface area contributed by atoms with E-state index in [2.05, 4.69) is 31.9 Å². The Morgan fingerprint density at radius 2 is 2.23 bits per heavy atom. The summed E-state index contributed by atoms with van der Waals surface area (Å²) in [5.41, 5.74) is 5.35. The second-order valence-corrected chi connectivity index (χ2v) is 8.42. The Morgan fingerprint density at radius 1 is 1.35 bits per heavy atom. The van der Waals surface area contributed by atoms with Crippen molar-refractivity contribution in [2.75, 3.05) is 11.9 Å². The third kappa shape index (κ3) is 3.53. The zero-order valence-corrected chi connectivity index (χ0v) is 16.2. The van der Waals surface area contributed by atoms with Gasteiger partial charge in [0, 0.05) is 52.4 Å². The molecule has 0 saturated carbocycles. The number of nitrogens with one attached hydrogen (secondary N) is 3. The number of carbonyl (C=O) groups is 1. The number of hydrogen-bond acceptors (Lipinski definition) is 6. The summed E-state index contributed by atoms with van der Waals surface area (Å²) >= 11 is 3.28. The SMILES string of the molecule is Cc1csc(Sc2ccc(NC(=O)c3n[nH]c4c3CNCC4)c(C)c2)n1. The number of nitrogens with zero attached hydrogens (tertiary/aromatic N) is 2. The Labute approximate surface area is 159 Å². The lowest BCUT2D eigenvalue weighted by molar-refractivity contribution is 0.102. The molecule has 3 aromatic rings. The summed E-state index contributed by atoms with van der Waals surface area (Å²) in [6.45, 7) is 5.57. The minimum atomic E-state index is -0.176. The fourth-order valence-electron chi connectivity index (χ4n) is 2.91. The number of H-pyrrole nitrogens is 1.